The third kappa shape index (κ3) is 7.71. The van der Waals surface area contributed by atoms with Crippen molar-refractivity contribution in [1.29, 1.82) is 0 Å². The van der Waals surface area contributed by atoms with Gasteiger partial charge in [-0.2, -0.15) is 0 Å². The minimum atomic E-state index is -0.472. The topological polar surface area (TPSA) is 132 Å². The molecule has 0 saturated carbocycles. The van der Waals surface area contributed by atoms with Crippen LogP contribution in [0.15, 0.2) is 164 Å². The second kappa shape index (κ2) is 16.8. The summed E-state index contributed by atoms with van der Waals surface area (Å²) in [6, 6.07) is 51.7. The number of carbonyl (C=O) groups excluding carboxylic acids is 2. The number of hydrogen-bond donors (Lipinski definition) is 3. The number of Topliss-reactive ketones (excluding diaryl/α,β-unsaturated/α-hetero) is 1. The van der Waals surface area contributed by atoms with Crippen LogP contribution in [0.25, 0.3) is 65.4 Å². The molecule has 260 valence electrons. The Morgan fingerprint density at radius 2 is 0.906 bits per heavy atom. The molecular weight excluding hydrogens is 657 g/mol. The zero-order valence-corrected chi connectivity index (χ0v) is 29.2. The van der Waals surface area contributed by atoms with Gasteiger partial charge in [0.15, 0.2) is 6.29 Å². The van der Waals surface area contributed by atoms with Gasteiger partial charge in [0.1, 0.15) is 0 Å². The molecule has 0 aliphatic heterocycles. The first-order valence-corrected chi connectivity index (χ1v) is 17.2. The quantitative estimate of drug-likeness (QED) is 0.0419. The SMILES string of the molecule is CCO.Nc1c(N)c2ccccc2c2ccccc12.O=CC(=O)c1ccccc1.c1ccc(-c2cnc3c4ccccc4c4ccccc4c3n2)cc1. The Hall–Kier alpha value is -6.96. The monoisotopic (exact) mass is 694 g/mol. The standard InChI is InChI=1S/C22H14N2.C14H12N2.C8H6O2.C2H6O/c1-2-8-15(9-3-1)20-14-23-21-18-12-6-4-10-16(18)17-11-5-7-13-19(17)22(21)24-20;15-13-11-7-3-1-5-9(11)10-6-2-4-8-12(10)14(13)16;9-6-8(10)7-4-2-1-3-5-7;1-2-3/h1-14H;1-8H,15-16H2;1-6H;3H,2H2,1H3. The lowest BCUT2D eigenvalue weighted by Gasteiger charge is -2.10. The van der Waals surface area contributed by atoms with E-state index in [4.69, 9.17) is 26.5 Å². The molecule has 1 heterocycles. The van der Waals surface area contributed by atoms with Crippen LogP contribution in [-0.2, 0) is 4.79 Å². The summed E-state index contributed by atoms with van der Waals surface area (Å²) >= 11 is 0. The van der Waals surface area contributed by atoms with E-state index in [1.165, 1.54) is 10.8 Å². The molecule has 0 spiro atoms. The highest BCUT2D eigenvalue weighted by molar-refractivity contribution is 6.33. The second-order valence-corrected chi connectivity index (χ2v) is 12.0. The van der Waals surface area contributed by atoms with Crippen molar-refractivity contribution >= 4 is 77.6 Å². The number of anilines is 2. The summed E-state index contributed by atoms with van der Waals surface area (Å²) in [7, 11) is 0. The zero-order valence-electron chi connectivity index (χ0n) is 29.2. The molecule has 53 heavy (non-hydrogen) atoms. The van der Waals surface area contributed by atoms with Crippen LogP contribution in [-0.4, -0.2) is 33.8 Å². The average molecular weight is 695 g/mol. The van der Waals surface area contributed by atoms with Crippen molar-refractivity contribution in [3.63, 3.8) is 0 Å². The molecular formula is C46H38N4O3. The maximum Gasteiger partial charge on any atom is 0.225 e. The number of hydrogen-bond acceptors (Lipinski definition) is 7. The van der Waals surface area contributed by atoms with Gasteiger partial charge >= 0.3 is 0 Å². The molecule has 0 saturated heterocycles. The number of nitrogen functional groups attached to an aromatic ring is 2. The largest absolute Gasteiger partial charge is 0.397 e. The van der Waals surface area contributed by atoms with E-state index in [-0.39, 0.29) is 6.61 Å². The van der Waals surface area contributed by atoms with Gasteiger partial charge in [0.05, 0.1) is 34.3 Å². The highest BCUT2D eigenvalue weighted by Gasteiger charge is 2.12. The summed E-state index contributed by atoms with van der Waals surface area (Å²) in [6.45, 7) is 1.93. The molecule has 0 amide bonds. The molecule has 5 N–H and O–H groups in total. The third-order valence-corrected chi connectivity index (χ3v) is 8.68. The zero-order chi connectivity index (χ0) is 37.2. The lowest BCUT2D eigenvalue weighted by molar-refractivity contribution is -0.104. The molecule has 0 radical (unpaired) electrons. The lowest BCUT2D eigenvalue weighted by atomic mass is 9.99. The molecule has 0 unspecified atom stereocenters. The molecule has 0 aliphatic carbocycles. The normalized spacial score (nSPS) is 10.5. The number of carbonyl (C=O) groups is 2. The van der Waals surface area contributed by atoms with Crippen molar-refractivity contribution in [2.75, 3.05) is 18.1 Å². The van der Waals surface area contributed by atoms with E-state index >= 15 is 0 Å². The number of aldehydes is 1. The van der Waals surface area contributed by atoms with Gasteiger partial charge in [-0.15, -0.1) is 0 Å². The summed E-state index contributed by atoms with van der Waals surface area (Å²) < 4.78 is 0. The van der Waals surface area contributed by atoms with Crippen molar-refractivity contribution in [2.45, 2.75) is 6.92 Å². The number of ketones is 1. The van der Waals surface area contributed by atoms with Crippen molar-refractivity contribution in [3.05, 3.63) is 169 Å². The number of nitrogens with zero attached hydrogens (tertiary/aromatic N) is 2. The predicted octanol–water partition coefficient (Wildman–Crippen LogP) is 9.83. The van der Waals surface area contributed by atoms with Crippen molar-refractivity contribution in [3.8, 4) is 11.3 Å². The number of rotatable bonds is 3. The van der Waals surface area contributed by atoms with Crippen LogP contribution in [0.1, 0.15) is 17.3 Å². The van der Waals surface area contributed by atoms with E-state index < -0.39 is 5.78 Å². The minimum Gasteiger partial charge on any atom is -0.397 e. The molecule has 8 aromatic carbocycles. The van der Waals surface area contributed by atoms with Gasteiger partial charge in [-0.3, -0.25) is 14.6 Å². The number of benzene rings is 8. The van der Waals surface area contributed by atoms with Gasteiger partial charge in [0.25, 0.3) is 0 Å². The van der Waals surface area contributed by atoms with E-state index in [1.54, 1.807) is 37.3 Å². The van der Waals surface area contributed by atoms with Gasteiger partial charge in [0, 0.05) is 39.3 Å². The maximum atomic E-state index is 10.6. The van der Waals surface area contributed by atoms with Crippen LogP contribution in [0.2, 0.25) is 0 Å². The van der Waals surface area contributed by atoms with Crippen molar-refractivity contribution in [2.24, 2.45) is 0 Å². The smallest absolute Gasteiger partial charge is 0.225 e. The fourth-order valence-electron chi connectivity index (χ4n) is 6.24. The molecule has 0 atom stereocenters. The predicted molar refractivity (Wildman–Crippen MR) is 220 cm³/mol. The van der Waals surface area contributed by atoms with Crippen LogP contribution in [0.5, 0.6) is 0 Å². The van der Waals surface area contributed by atoms with Gasteiger partial charge in [0.2, 0.25) is 5.78 Å². The average Bonchev–Trinajstić information content (AvgIpc) is 3.24. The third-order valence-electron chi connectivity index (χ3n) is 8.68. The Balaban J connectivity index is 0.000000143. The number of aromatic nitrogens is 2. The summed E-state index contributed by atoms with van der Waals surface area (Å²) in [5, 5.41) is 16.7. The van der Waals surface area contributed by atoms with E-state index in [1.807, 2.05) is 60.8 Å². The minimum absolute atomic E-state index is 0.250. The molecule has 0 fully saturated rings. The first-order valence-electron chi connectivity index (χ1n) is 17.2. The Labute approximate surface area is 307 Å². The van der Waals surface area contributed by atoms with Crippen LogP contribution < -0.4 is 11.5 Å². The highest BCUT2D eigenvalue weighted by atomic mass is 16.2. The van der Waals surface area contributed by atoms with E-state index in [0.29, 0.717) is 23.2 Å². The van der Waals surface area contributed by atoms with Gasteiger partial charge in [-0.1, -0.05) is 158 Å². The number of nitrogens with two attached hydrogens (primary N) is 2. The number of fused-ring (bicyclic) bond motifs is 9. The fourth-order valence-corrected chi connectivity index (χ4v) is 6.24. The first-order chi connectivity index (χ1) is 26.0. The molecule has 0 aliphatic rings. The molecule has 1 aromatic heterocycles. The van der Waals surface area contributed by atoms with Crippen LogP contribution in [0.4, 0.5) is 11.4 Å². The summed E-state index contributed by atoms with van der Waals surface area (Å²) in [4.78, 5) is 30.3. The molecule has 7 nitrogen and oxygen atoms in total. The van der Waals surface area contributed by atoms with E-state index in [2.05, 4.69) is 72.8 Å². The summed E-state index contributed by atoms with van der Waals surface area (Å²) in [5.41, 5.74) is 17.8. The van der Waals surface area contributed by atoms with Crippen LogP contribution in [0, 0.1) is 0 Å². The second-order valence-electron chi connectivity index (χ2n) is 12.0. The van der Waals surface area contributed by atoms with Crippen LogP contribution in [0.3, 0.4) is 0 Å². The Kier molecular flexibility index (Phi) is 11.4. The van der Waals surface area contributed by atoms with E-state index in [9.17, 15) is 9.59 Å². The summed E-state index contributed by atoms with van der Waals surface area (Å²) in [6.07, 6.45) is 2.19. The number of aliphatic hydroxyl groups is 1. The first kappa shape index (κ1) is 35.9. The Morgan fingerprint density at radius 3 is 1.36 bits per heavy atom. The van der Waals surface area contributed by atoms with Crippen molar-refractivity contribution < 1.29 is 14.7 Å². The Morgan fingerprint density at radius 1 is 0.547 bits per heavy atom. The molecule has 9 rings (SSSR count). The maximum absolute atomic E-state index is 10.6. The number of aliphatic hydroxyl groups excluding tert-OH is 1. The van der Waals surface area contributed by atoms with Gasteiger partial charge in [-0.25, -0.2) is 4.98 Å². The van der Waals surface area contributed by atoms with Crippen molar-refractivity contribution in [1.82, 2.24) is 9.97 Å². The lowest BCUT2D eigenvalue weighted by Crippen LogP contribution is -1.97. The Bertz CT molecular complexity index is 2580. The fraction of sp³-hybridized carbons (Fsp3) is 0.0435. The van der Waals surface area contributed by atoms with Gasteiger partial charge in [-0.05, 0) is 28.5 Å². The van der Waals surface area contributed by atoms with E-state index in [0.717, 1.165) is 54.6 Å². The molecule has 9 aromatic rings. The van der Waals surface area contributed by atoms with Gasteiger partial charge < -0.3 is 16.6 Å². The highest BCUT2D eigenvalue weighted by Crippen LogP contribution is 2.36. The molecule has 0 bridgehead atoms. The van der Waals surface area contributed by atoms with Crippen LogP contribution >= 0.6 is 0 Å². The summed E-state index contributed by atoms with van der Waals surface area (Å²) in [5.74, 6) is -0.472. The molecule has 7 heteroatoms.